The van der Waals surface area contributed by atoms with Crippen molar-refractivity contribution < 1.29 is 4.74 Å². The van der Waals surface area contributed by atoms with Crippen molar-refractivity contribution in [2.24, 2.45) is 4.99 Å². The van der Waals surface area contributed by atoms with Crippen LogP contribution < -0.4 is 10.6 Å². The predicted molar refractivity (Wildman–Crippen MR) is 117 cm³/mol. The molecule has 1 aliphatic heterocycles. The number of hydrogen-bond acceptors (Lipinski definition) is 4. The lowest BCUT2D eigenvalue weighted by atomic mass is 9.99. The quantitative estimate of drug-likeness (QED) is 0.398. The number of ether oxygens (including phenoxy) is 1. The van der Waals surface area contributed by atoms with Crippen LogP contribution in [0.1, 0.15) is 60.3 Å². The van der Waals surface area contributed by atoms with Crippen LogP contribution in [-0.2, 0) is 4.74 Å². The second kappa shape index (κ2) is 13.7. The number of aliphatic imine (C=N–C) groups is 1. The van der Waals surface area contributed by atoms with Crippen LogP contribution in [0.4, 0.5) is 0 Å². The Balaban J connectivity index is 2.53. The first-order chi connectivity index (χ1) is 12.6. The van der Waals surface area contributed by atoms with Crippen LogP contribution in [0.5, 0.6) is 0 Å². The van der Waals surface area contributed by atoms with Crippen molar-refractivity contribution >= 4 is 17.7 Å². The minimum Gasteiger partial charge on any atom is -0.381 e. The Hall–Kier alpha value is -0.460. The topological polar surface area (TPSA) is 48.9 Å². The van der Waals surface area contributed by atoms with Gasteiger partial charge >= 0.3 is 0 Å². The molecule has 26 heavy (non-hydrogen) atoms. The van der Waals surface area contributed by atoms with Crippen molar-refractivity contribution in [3.63, 3.8) is 0 Å². The number of nitrogens with one attached hydrogen (secondary N) is 2. The normalized spacial score (nSPS) is 18.8. The van der Waals surface area contributed by atoms with Gasteiger partial charge in [-0.1, -0.05) is 20.8 Å². The zero-order chi connectivity index (χ0) is 19.3. The maximum atomic E-state index is 5.57. The lowest BCUT2D eigenvalue weighted by molar-refractivity contribution is 0.0793. The van der Waals surface area contributed by atoms with Gasteiger partial charge in [-0.15, -0.1) is 0 Å². The molecule has 0 amide bonds. The molecule has 1 saturated heterocycles. The molecule has 2 N–H and O–H groups in total. The van der Waals surface area contributed by atoms with E-state index in [2.05, 4.69) is 61.9 Å². The lowest BCUT2D eigenvalue weighted by Crippen LogP contribution is -2.44. The Morgan fingerprint density at radius 2 is 1.88 bits per heavy atom. The molecular weight excluding hydrogens is 344 g/mol. The number of nitrogens with zero attached hydrogens (tertiary/aromatic N) is 2. The van der Waals surface area contributed by atoms with Crippen molar-refractivity contribution in [3.8, 4) is 0 Å². The summed E-state index contributed by atoms with van der Waals surface area (Å²) >= 11 is 2.05. The monoisotopic (exact) mass is 386 g/mol. The van der Waals surface area contributed by atoms with Gasteiger partial charge in [0.15, 0.2) is 5.96 Å². The lowest BCUT2D eigenvalue weighted by Gasteiger charge is -2.35. The molecule has 6 heteroatoms. The number of guanidine groups is 1. The van der Waals surface area contributed by atoms with Gasteiger partial charge in [0.25, 0.3) is 0 Å². The fraction of sp³-hybridized carbons (Fsp3) is 0.950. The van der Waals surface area contributed by atoms with E-state index in [-0.39, 0.29) is 4.75 Å². The molecule has 1 fully saturated rings. The van der Waals surface area contributed by atoms with E-state index in [0.717, 1.165) is 63.9 Å². The van der Waals surface area contributed by atoms with Gasteiger partial charge in [-0.3, -0.25) is 4.99 Å². The van der Waals surface area contributed by atoms with Crippen LogP contribution in [-0.4, -0.2) is 73.3 Å². The zero-order valence-electron chi connectivity index (χ0n) is 17.8. The van der Waals surface area contributed by atoms with Crippen LogP contribution >= 0.6 is 11.8 Å². The second-order valence-corrected chi connectivity index (χ2v) is 8.87. The summed E-state index contributed by atoms with van der Waals surface area (Å²) in [6.45, 7) is 18.1. The number of rotatable bonds is 12. The molecule has 1 atom stereocenters. The number of thioether (sulfide) groups is 1. The van der Waals surface area contributed by atoms with Crippen molar-refractivity contribution in [1.82, 2.24) is 15.5 Å². The minimum atomic E-state index is 0.251. The smallest absolute Gasteiger partial charge is 0.191 e. The van der Waals surface area contributed by atoms with E-state index in [1.807, 2.05) is 0 Å². The van der Waals surface area contributed by atoms with Crippen molar-refractivity contribution in [2.75, 3.05) is 51.7 Å². The van der Waals surface area contributed by atoms with Crippen molar-refractivity contribution in [2.45, 2.75) is 71.1 Å². The maximum absolute atomic E-state index is 5.57. The average molecular weight is 387 g/mol. The molecule has 0 aromatic heterocycles. The van der Waals surface area contributed by atoms with Crippen LogP contribution in [0.2, 0.25) is 0 Å². The summed E-state index contributed by atoms with van der Waals surface area (Å²) in [7, 11) is 0. The molecule has 0 spiro atoms. The molecule has 154 valence electrons. The summed E-state index contributed by atoms with van der Waals surface area (Å²) in [5, 5.41) is 7.03. The minimum absolute atomic E-state index is 0.251. The molecule has 0 aromatic rings. The Bertz CT molecular complexity index is 376. The molecular formula is C20H42N4OS. The van der Waals surface area contributed by atoms with Gasteiger partial charge < -0.3 is 20.3 Å². The molecule has 1 heterocycles. The highest BCUT2D eigenvalue weighted by molar-refractivity contribution is 8.00. The highest BCUT2D eigenvalue weighted by Crippen LogP contribution is 2.35. The van der Waals surface area contributed by atoms with E-state index in [0.29, 0.717) is 6.04 Å². The molecule has 5 nitrogen and oxygen atoms in total. The summed E-state index contributed by atoms with van der Waals surface area (Å²) < 4.78 is 5.83. The van der Waals surface area contributed by atoms with Gasteiger partial charge in [-0.2, -0.15) is 11.8 Å². The maximum Gasteiger partial charge on any atom is 0.191 e. The van der Waals surface area contributed by atoms with Crippen molar-refractivity contribution in [1.29, 1.82) is 0 Å². The van der Waals surface area contributed by atoms with Gasteiger partial charge in [-0.05, 0) is 64.9 Å². The molecule has 0 aromatic carbocycles. The Morgan fingerprint density at radius 1 is 1.19 bits per heavy atom. The Morgan fingerprint density at radius 3 is 2.46 bits per heavy atom. The summed E-state index contributed by atoms with van der Waals surface area (Å²) in [5.41, 5.74) is 0. The number of hydrogen-bond donors (Lipinski definition) is 2. The first kappa shape index (κ1) is 23.6. The molecule has 0 saturated carbocycles. The third-order valence-electron chi connectivity index (χ3n) is 5.11. The first-order valence-corrected chi connectivity index (χ1v) is 11.6. The summed E-state index contributed by atoms with van der Waals surface area (Å²) in [6, 6.07) is 0.438. The molecule has 1 aliphatic rings. The average Bonchev–Trinajstić information content (AvgIpc) is 2.65. The summed E-state index contributed by atoms with van der Waals surface area (Å²) in [4.78, 5) is 7.44. The Kier molecular flexibility index (Phi) is 12.4. The SMILES string of the molecule is CCNC(=NCC1(SCC)CCOCC1)NC(C)CCCN(CC)CC. The van der Waals surface area contributed by atoms with E-state index in [1.54, 1.807) is 0 Å². The standard InChI is InChI=1S/C20H42N4OS/c1-6-21-19(23-18(5)11-10-14-24(7-2)8-3)22-17-20(26-9-4)12-15-25-16-13-20/h18H,6-17H2,1-5H3,(H2,21,22,23). The molecule has 0 radical (unpaired) electrons. The predicted octanol–water partition coefficient (Wildman–Crippen LogP) is 3.35. The Labute approximate surface area is 166 Å². The van der Waals surface area contributed by atoms with Crippen LogP contribution in [0.15, 0.2) is 4.99 Å². The zero-order valence-corrected chi connectivity index (χ0v) is 18.6. The van der Waals surface area contributed by atoms with E-state index < -0.39 is 0 Å². The molecule has 0 aliphatic carbocycles. The van der Waals surface area contributed by atoms with Crippen LogP contribution in [0.25, 0.3) is 0 Å². The van der Waals surface area contributed by atoms with E-state index >= 15 is 0 Å². The summed E-state index contributed by atoms with van der Waals surface area (Å²) in [6.07, 6.45) is 4.60. The van der Waals surface area contributed by atoms with Crippen LogP contribution in [0, 0.1) is 0 Å². The fourth-order valence-electron chi connectivity index (χ4n) is 3.41. The van der Waals surface area contributed by atoms with Gasteiger partial charge in [0.1, 0.15) is 0 Å². The van der Waals surface area contributed by atoms with Gasteiger partial charge in [-0.25, -0.2) is 0 Å². The van der Waals surface area contributed by atoms with Gasteiger partial charge in [0, 0.05) is 30.5 Å². The molecule has 0 bridgehead atoms. The largest absolute Gasteiger partial charge is 0.381 e. The third kappa shape index (κ3) is 8.96. The first-order valence-electron chi connectivity index (χ1n) is 10.6. The molecule has 1 unspecified atom stereocenters. The van der Waals surface area contributed by atoms with Gasteiger partial charge in [0.05, 0.1) is 6.54 Å². The highest BCUT2D eigenvalue weighted by Gasteiger charge is 2.32. The van der Waals surface area contributed by atoms with Crippen LogP contribution in [0.3, 0.4) is 0 Å². The summed E-state index contributed by atoms with van der Waals surface area (Å²) in [5.74, 6) is 2.10. The van der Waals surface area contributed by atoms with Gasteiger partial charge in [0.2, 0.25) is 0 Å². The third-order valence-corrected chi connectivity index (χ3v) is 6.55. The second-order valence-electron chi connectivity index (χ2n) is 7.14. The van der Waals surface area contributed by atoms with Crippen molar-refractivity contribution in [3.05, 3.63) is 0 Å². The fourth-order valence-corrected chi connectivity index (χ4v) is 4.63. The molecule has 1 rings (SSSR count). The highest BCUT2D eigenvalue weighted by atomic mass is 32.2. The van der Waals surface area contributed by atoms with E-state index in [9.17, 15) is 0 Å². The van der Waals surface area contributed by atoms with E-state index in [1.165, 1.54) is 19.4 Å². The van der Waals surface area contributed by atoms with E-state index in [4.69, 9.17) is 9.73 Å².